The van der Waals surface area contributed by atoms with Crippen LogP contribution in [0.15, 0.2) is 47.6 Å². The summed E-state index contributed by atoms with van der Waals surface area (Å²) in [5.41, 5.74) is 1.85. The van der Waals surface area contributed by atoms with Gasteiger partial charge in [0.1, 0.15) is 0 Å². The molecule has 0 aliphatic carbocycles. The first-order valence-electron chi connectivity index (χ1n) is 8.75. The normalized spacial score (nSPS) is 13.6. The van der Waals surface area contributed by atoms with E-state index in [0.29, 0.717) is 27.9 Å². The molecule has 2 aromatic rings. The number of esters is 1. The van der Waals surface area contributed by atoms with Crippen LogP contribution in [-0.2, 0) is 19.2 Å². The predicted molar refractivity (Wildman–Crippen MR) is 106 cm³/mol. The van der Waals surface area contributed by atoms with Crippen LogP contribution in [0.25, 0.3) is 0 Å². The maximum absolute atomic E-state index is 12.1. The Morgan fingerprint density at radius 1 is 1.17 bits per heavy atom. The van der Waals surface area contributed by atoms with Crippen molar-refractivity contribution in [2.45, 2.75) is 20.0 Å². The smallest absolute Gasteiger partial charge is 0.347 e. The molecule has 1 heterocycles. The fraction of sp³-hybridized carbons (Fsp3) is 0.250. The quantitative estimate of drug-likeness (QED) is 0.420. The lowest BCUT2D eigenvalue weighted by molar-refractivity contribution is -0.157. The Labute approximate surface area is 172 Å². The minimum atomic E-state index is -0.999. The number of nitrogens with zero attached hydrogens (tertiary/aromatic N) is 1. The summed E-state index contributed by atoms with van der Waals surface area (Å²) in [6.07, 6.45) is -0.999. The fourth-order valence-electron chi connectivity index (χ4n) is 2.42. The second-order valence-corrected chi connectivity index (χ2v) is 6.58. The summed E-state index contributed by atoms with van der Waals surface area (Å²) in [6.45, 7) is 2.94. The molecule has 8 nitrogen and oxygen atoms in total. The molecule has 1 atom stereocenters. The number of oxime groups is 1. The van der Waals surface area contributed by atoms with Crippen LogP contribution < -0.4 is 14.8 Å². The van der Waals surface area contributed by atoms with Gasteiger partial charge in [0.05, 0.1) is 5.71 Å². The molecule has 0 radical (unpaired) electrons. The first-order chi connectivity index (χ1) is 13.9. The van der Waals surface area contributed by atoms with E-state index in [0.717, 1.165) is 5.56 Å². The lowest BCUT2D eigenvalue weighted by atomic mass is 10.1. The highest BCUT2D eigenvalue weighted by molar-refractivity contribution is 6.30. The number of rotatable bonds is 7. The number of nitrogens with one attached hydrogen (secondary N) is 1. The second kappa shape index (κ2) is 9.29. The highest BCUT2D eigenvalue weighted by atomic mass is 35.5. The van der Waals surface area contributed by atoms with Crippen LogP contribution in [0.3, 0.4) is 0 Å². The standard InChI is InChI=1S/C20H19ClN2O6/c1-12(14-3-8-17-18(9-14)27-11-26-17)23-28-10-19(24)29-13(2)20(25)22-16-6-4-15(21)5-7-16/h3-9,13H,10-11H2,1-2H3,(H,22,25)/b23-12-/t13-/m0/s1. The number of benzene rings is 2. The molecule has 0 bridgehead atoms. The maximum atomic E-state index is 12.1. The van der Waals surface area contributed by atoms with E-state index in [9.17, 15) is 9.59 Å². The van der Waals surface area contributed by atoms with Crippen LogP contribution in [0.1, 0.15) is 19.4 Å². The average Bonchev–Trinajstić information content (AvgIpc) is 3.17. The summed E-state index contributed by atoms with van der Waals surface area (Å²) < 4.78 is 15.6. The van der Waals surface area contributed by atoms with E-state index in [-0.39, 0.29) is 6.79 Å². The Bertz CT molecular complexity index is 929. The van der Waals surface area contributed by atoms with Crippen molar-refractivity contribution in [2.75, 3.05) is 18.7 Å². The first kappa shape index (κ1) is 20.5. The largest absolute Gasteiger partial charge is 0.454 e. The van der Waals surface area contributed by atoms with E-state index in [1.807, 2.05) is 0 Å². The predicted octanol–water partition coefficient (Wildman–Crippen LogP) is 3.38. The topological polar surface area (TPSA) is 95.5 Å². The summed E-state index contributed by atoms with van der Waals surface area (Å²) in [5, 5.41) is 7.07. The number of hydrogen-bond acceptors (Lipinski definition) is 7. The van der Waals surface area contributed by atoms with E-state index in [1.54, 1.807) is 49.4 Å². The molecule has 0 fully saturated rings. The zero-order chi connectivity index (χ0) is 20.8. The van der Waals surface area contributed by atoms with Gasteiger partial charge in [0.2, 0.25) is 13.4 Å². The van der Waals surface area contributed by atoms with E-state index in [2.05, 4.69) is 10.5 Å². The van der Waals surface area contributed by atoms with Gasteiger partial charge in [-0.25, -0.2) is 4.79 Å². The summed E-state index contributed by atoms with van der Waals surface area (Å²) >= 11 is 5.80. The number of fused-ring (bicyclic) bond motifs is 1. The molecule has 1 aliphatic rings. The Morgan fingerprint density at radius 3 is 2.66 bits per heavy atom. The summed E-state index contributed by atoms with van der Waals surface area (Å²) in [5.74, 6) is 0.0978. The van der Waals surface area contributed by atoms with Crippen LogP contribution in [0.5, 0.6) is 11.5 Å². The van der Waals surface area contributed by atoms with Crippen molar-refractivity contribution in [3.63, 3.8) is 0 Å². The molecule has 0 saturated carbocycles. The van der Waals surface area contributed by atoms with Crippen LogP contribution in [0, 0.1) is 0 Å². The maximum Gasteiger partial charge on any atom is 0.347 e. The number of carbonyl (C=O) groups excluding carboxylic acids is 2. The fourth-order valence-corrected chi connectivity index (χ4v) is 2.54. The van der Waals surface area contributed by atoms with Gasteiger partial charge >= 0.3 is 5.97 Å². The van der Waals surface area contributed by atoms with Gasteiger partial charge in [-0.15, -0.1) is 0 Å². The molecule has 1 N–H and O–H groups in total. The molecule has 0 aromatic heterocycles. The van der Waals surface area contributed by atoms with Gasteiger partial charge in [-0.2, -0.15) is 0 Å². The number of hydrogen-bond donors (Lipinski definition) is 1. The Morgan fingerprint density at radius 2 is 1.90 bits per heavy atom. The summed E-state index contributed by atoms with van der Waals surface area (Å²) in [4.78, 5) is 29.0. The molecule has 0 saturated heterocycles. The van der Waals surface area contributed by atoms with Gasteiger partial charge in [0.15, 0.2) is 17.6 Å². The zero-order valence-corrected chi connectivity index (χ0v) is 16.6. The van der Waals surface area contributed by atoms with Crippen molar-refractivity contribution in [3.8, 4) is 11.5 Å². The van der Waals surface area contributed by atoms with Crippen molar-refractivity contribution < 1.29 is 28.6 Å². The number of ether oxygens (including phenoxy) is 3. The Kier molecular flexibility index (Phi) is 6.56. The van der Waals surface area contributed by atoms with Gasteiger partial charge in [-0.3, -0.25) is 4.79 Å². The number of carbonyl (C=O) groups is 2. The van der Waals surface area contributed by atoms with E-state index in [1.165, 1.54) is 6.92 Å². The minimum absolute atomic E-state index is 0.182. The molecule has 1 amide bonds. The third-order valence-electron chi connectivity index (χ3n) is 3.96. The molecule has 0 spiro atoms. The van der Waals surface area contributed by atoms with Gasteiger partial charge in [-0.05, 0) is 56.3 Å². The molecule has 29 heavy (non-hydrogen) atoms. The van der Waals surface area contributed by atoms with Crippen molar-refractivity contribution in [2.24, 2.45) is 5.16 Å². The monoisotopic (exact) mass is 418 g/mol. The van der Waals surface area contributed by atoms with E-state index < -0.39 is 24.6 Å². The number of anilines is 1. The Hall–Kier alpha value is -3.26. The molecule has 152 valence electrons. The van der Waals surface area contributed by atoms with Crippen LogP contribution in [-0.4, -0.2) is 37.1 Å². The van der Waals surface area contributed by atoms with Crippen molar-refractivity contribution in [1.82, 2.24) is 0 Å². The van der Waals surface area contributed by atoms with E-state index in [4.69, 9.17) is 30.6 Å². The molecular formula is C20H19ClN2O6. The lowest BCUT2D eigenvalue weighted by Crippen LogP contribution is -2.31. The molecule has 0 unspecified atom stereocenters. The SMILES string of the molecule is C/C(=N/OCC(=O)O[C@@H](C)C(=O)Nc1ccc(Cl)cc1)c1ccc2c(c1)OCO2. The van der Waals surface area contributed by atoms with Gasteiger partial charge in [-0.1, -0.05) is 16.8 Å². The third-order valence-corrected chi connectivity index (χ3v) is 4.22. The highest BCUT2D eigenvalue weighted by Crippen LogP contribution is 2.32. The number of amides is 1. The van der Waals surface area contributed by atoms with Crippen LogP contribution in [0.2, 0.25) is 5.02 Å². The first-order valence-corrected chi connectivity index (χ1v) is 9.12. The van der Waals surface area contributed by atoms with E-state index >= 15 is 0 Å². The van der Waals surface area contributed by atoms with Gasteiger partial charge in [0, 0.05) is 16.3 Å². The molecular weight excluding hydrogens is 400 g/mol. The highest BCUT2D eigenvalue weighted by Gasteiger charge is 2.18. The van der Waals surface area contributed by atoms with Crippen LogP contribution in [0.4, 0.5) is 5.69 Å². The Balaban J connectivity index is 1.45. The third kappa shape index (κ3) is 5.61. The lowest BCUT2D eigenvalue weighted by Gasteiger charge is -2.13. The number of halogens is 1. The van der Waals surface area contributed by atoms with Crippen molar-refractivity contribution in [1.29, 1.82) is 0 Å². The minimum Gasteiger partial charge on any atom is -0.454 e. The molecule has 3 rings (SSSR count). The summed E-state index contributed by atoms with van der Waals surface area (Å²) in [7, 11) is 0. The van der Waals surface area contributed by atoms with Gasteiger partial charge in [0.25, 0.3) is 5.91 Å². The zero-order valence-electron chi connectivity index (χ0n) is 15.8. The van der Waals surface area contributed by atoms with Crippen molar-refractivity contribution >= 4 is 34.9 Å². The van der Waals surface area contributed by atoms with Gasteiger partial charge < -0.3 is 24.4 Å². The van der Waals surface area contributed by atoms with Crippen molar-refractivity contribution in [3.05, 3.63) is 53.1 Å². The molecule has 2 aromatic carbocycles. The second-order valence-electron chi connectivity index (χ2n) is 6.15. The van der Waals surface area contributed by atoms with Crippen LogP contribution >= 0.6 is 11.6 Å². The molecule has 9 heteroatoms. The summed E-state index contributed by atoms with van der Waals surface area (Å²) in [6, 6.07) is 11.9. The average molecular weight is 419 g/mol. The molecule has 1 aliphatic heterocycles.